The van der Waals surface area contributed by atoms with Crippen LogP contribution < -0.4 is 10.1 Å². The van der Waals surface area contributed by atoms with Crippen LogP contribution in [0.2, 0.25) is 0 Å². The van der Waals surface area contributed by atoms with Gasteiger partial charge in [0.25, 0.3) is 0 Å². The van der Waals surface area contributed by atoms with Crippen LogP contribution in [-0.4, -0.2) is 35.2 Å². The number of halogens is 5. The Kier molecular flexibility index (Phi) is 5.30. The van der Waals surface area contributed by atoms with Crippen LogP contribution in [0.5, 0.6) is 5.88 Å². The molecular weight excluding hydrogens is 297 g/mol. The molecule has 0 aliphatic carbocycles. The fourth-order valence-corrected chi connectivity index (χ4v) is 1.29. The first kappa shape index (κ1) is 17.4. The Balaban J connectivity index is 2.92. The van der Waals surface area contributed by atoms with Gasteiger partial charge in [0.15, 0.2) is 6.61 Å². The van der Waals surface area contributed by atoms with Gasteiger partial charge in [-0.15, -0.1) is 0 Å². The third-order valence-electron chi connectivity index (χ3n) is 2.41. The average molecular weight is 313 g/mol. The number of aromatic nitrogens is 2. The summed E-state index contributed by atoms with van der Waals surface area (Å²) >= 11 is 0. The van der Waals surface area contributed by atoms with E-state index in [1.54, 1.807) is 20.8 Å². The molecule has 21 heavy (non-hydrogen) atoms. The van der Waals surface area contributed by atoms with Gasteiger partial charge in [0, 0.05) is 18.5 Å². The van der Waals surface area contributed by atoms with E-state index in [0.717, 1.165) is 0 Å². The van der Waals surface area contributed by atoms with Gasteiger partial charge in [0.1, 0.15) is 11.6 Å². The molecule has 1 rings (SSSR count). The zero-order valence-corrected chi connectivity index (χ0v) is 11.8. The molecule has 9 heteroatoms. The van der Waals surface area contributed by atoms with Crippen LogP contribution in [0.15, 0.2) is 6.07 Å². The summed E-state index contributed by atoms with van der Waals surface area (Å²) in [6.45, 7) is 4.00. The highest BCUT2D eigenvalue weighted by Gasteiger charge is 2.58. The van der Waals surface area contributed by atoms with E-state index in [2.05, 4.69) is 20.0 Å². The SMILES string of the molecule is CCNc1cc(OCC(F)(F)C(F)(F)F)nc(C(C)C)n1. The molecule has 0 saturated carbocycles. The van der Waals surface area contributed by atoms with Crippen molar-refractivity contribution < 1.29 is 26.7 Å². The Morgan fingerprint density at radius 2 is 1.81 bits per heavy atom. The molecule has 0 unspecified atom stereocenters. The van der Waals surface area contributed by atoms with Gasteiger partial charge in [-0.1, -0.05) is 13.8 Å². The minimum atomic E-state index is -5.66. The van der Waals surface area contributed by atoms with E-state index < -0.39 is 18.7 Å². The van der Waals surface area contributed by atoms with Gasteiger partial charge in [-0.3, -0.25) is 0 Å². The van der Waals surface area contributed by atoms with Crippen LogP contribution in [-0.2, 0) is 0 Å². The molecule has 120 valence electrons. The topological polar surface area (TPSA) is 47.0 Å². The van der Waals surface area contributed by atoms with Crippen molar-refractivity contribution in [2.75, 3.05) is 18.5 Å². The van der Waals surface area contributed by atoms with Gasteiger partial charge in [0.05, 0.1) is 0 Å². The van der Waals surface area contributed by atoms with Crippen molar-refractivity contribution in [1.82, 2.24) is 9.97 Å². The molecule has 0 radical (unpaired) electrons. The lowest BCUT2D eigenvalue weighted by Crippen LogP contribution is -2.41. The molecule has 0 fully saturated rings. The van der Waals surface area contributed by atoms with Crippen LogP contribution in [0.25, 0.3) is 0 Å². The second kappa shape index (κ2) is 6.40. The quantitative estimate of drug-likeness (QED) is 0.815. The van der Waals surface area contributed by atoms with Gasteiger partial charge in [0.2, 0.25) is 5.88 Å². The third kappa shape index (κ3) is 4.68. The Labute approximate surface area is 118 Å². The second-order valence-corrected chi connectivity index (χ2v) is 4.63. The van der Waals surface area contributed by atoms with E-state index in [9.17, 15) is 22.0 Å². The van der Waals surface area contributed by atoms with E-state index in [4.69, 9.17) is 0 Å². The van der Waals surface area contributed by atoms with Gasteiger partial charge >= 0.3 is 12.1 Å². The van der Waals surface area contributed by atoms with Crippen molar-refractivity contribution in [3.8, 4) is 5.88 Å². The normalized spacial score (nSPS) is 12.6. The molecule has 0 spiro atoms. The number of alkyl halides is 5. The van der Waals surface area contributed by atoms with Crippen molar-refractivity contribution >= 4 is 5.82 Å². The molecule has 4 nitrogen and oxygen atoms in total. The number of nitrogens with zero attached hydrogens (tertiary/aromatic N) is 2. The lowest BCUT2D eigenvalue weighted by Gasteiger charge is -2.20. The predicted octanol–water partition coefficient (Wildman–Crippen LogP) is 3.61. The Bertz CT molecular complexity index is 476. The smallest absolute Gasteiger partial charge is 0.456 e. The highest BCUT2D eigenvalue weighted by atomic mass is 19.4. The monoisotopic (exact) mass is 313 g/mol. The number of hydrogen-bond donors (Lipinski definition) is 1. The minimum absolute atomic E-state index is 0.130. The largest absolute Gasteiger partial charge is 0.471 e. The summed E-state index contributed by atoms with van der Waals surface area (Å²) in [6.07, 6.45) is -5.66. The van der Waals surface area contributed by atoms with E-state index in [-0.39, 0.29) is 11.8 Å². The maximum absolute atomic E-state index is 12.8. The van der Waals surface area contributed by atoms with Crippen LogP contribution in [0.3, 0.4) is 0 Å². The first-order chi connectivity index (χ1) is 9.56. The van der Waals surface area contributed by atoms with Crippen LogP contribution in [0.4, 0.5) is 27.8 Å². The molecule has 1 aromatic heterocycles. The standard InChI is InChI=1S/C12H16F5N3O/c1-4-18-8-5-9(20-10(19-8)7(2)3)21-6-11(13,14)12(15,16)17/h5,7H,4,6H2,1-3H3,(H,18,19,20). The first-order valence-corrected chi connectivity index (χ1v) is 6.27. The summed E-state index contributed by atoms with van der Waals surface area (Å²) in [5, 5.41) is 2.83. The van der Waals surface area contributed by atoms with Gasteiger partial charge in [-0.2, -0.15) is 26.9 Å². The number of rotatable bonds is 6. The molecule has 0 saturated heterocycles. The second-order valence-electron chi connectivity index (χ2n) is 4.63. The van der Waals surface area contributed by atoms with E-state index in [1.807, 2.05) is 0 Å². The number of anilines is 1. The maximum Gasteiger partial charge on any atom is 0.456 e. The fraction of sp³-hybridized carbons (Fsp3) is 0.667. The van der Waals surface area contributed by atoms with Gasteiger partial charge in [-0.25, -0.2) is 4.98 Å². The number of nitrogens with one attached hydrogen (secondary N) is 1. The Morgan fingerprint density at radius 1 is 1.19 bits per heavy atom. The van der Waals surface area contributed by atoms with Crippen LogP contribution in [0, 0.1) is 0 Å². The zero-order chi connectivity index (χ0) is 16.3. The molecule has 0 atom stereocenters. The van der Waals surface area contributed by atoms with E-state index >= 15 is 0 Å². The number of ether oxygens (including phenoxy) is 1. The van der Waals surface area contributed by atoms with Crippen molar-refractivity contribution in [2.45, 2.75) is 38.8 Å². The first-order valence-electron chi connectivity index (χ1n) is 6.27. The summed E-state index contributed by atoms with van der Waals surface area (Å²) in [5.41, 5.74) is 0. The predicted molar refractivity (Wildman–Crippen MR) is 66.8 cm³/mol. The van der Waals surface area contributed by atoms with Gasteiger partial charge < -0.3 is 10.1 Å². The Morgan fingerprint density at radius 3 is 2.29 bits per heavy atom. The molecule has 1 N–H and O–H groups in total. The molecule has 1 aromatic rings. The van der Waals surface area contributed by atoms with Crippen molar-refractivity contribution in [1.29, 1.82) is 0 Å². The van der Waals surface area contributed by atoms with Crippen LogP contribution >= 0.6 is 0 Å². The lowest BCUT2D eigenvalue weighted by molar-refractivity contribution is -0.290. The summed E-state index contributed by atoms with van der Waals surface area (Å²) in [6, 6.07) is 1.18. The molecule has 1 heterocycles. The Hall–Kier alpha value is -1.67. The highest BCUT2D eigenvalue weighted by Crippen LogP contribution is 2.35. The molecule has 0 bridgehead atoms. The van der Waals surface area contributed by atoms with Crippen molar-refractivity contribution in [2.24, 2.45) is 0 Å². The molecule has 0 aromatic carbocycles. The fourth-order valence-electron chi connectivity index (χ4n) is 1.29. The maximum atomic E-state index is 12.8. The van der Waals surface area contributed by atoms with Crippen molar-refractivity contribution in [3.63, 3.8) is 0 Å². The summed E-state index contributed by atoms with van der Waals surface area (Å²) in [4.78, 5) is 7.93. The minimum Gasteiger partial charge on any atom is -0.471 e. The lowest BCUT2D eigenvalue weighted by atomic mass is 10.2. The third-order valence-corrected chi connectivity index (χ3v) is 2.41. The summed E-state index contributed by atoms with van der Waals surface area (Å²) < 4.78 is 66.3. The van der Waals surface area contributed by atoms with Crippen LogP contribution in [0.1, 0.15) is 32.5 Å². The zero-order valence-electron chi connectivity index (χ0n) is 11.8. The van der Waals surface area contributed by atoms with Crippen molar-refractivity contribution in [3.05, 3.63) is 11.9 Å². The van der Waals surface area contributed by atoms with E-state index in [0.29, 0.717) is 18.2 Å². The summed E-state index contributed by atoms with van der Waals surface area (Å²) in [7, 11) is 0. The molecular formula is C12H16F5N3O. The summed E-state index contributed by atoms with van der Waals surface area (Å²) in [5.74, 6) is -4.79. The highest BCUT2D eigenvalue weighted by molar-refractivity contribution is 5.38. The average Bonchev–Trinajstić information content (AvgIpc) is 2.35. The van der Waals surface area contributed by atoms with E-state index in [1.165, 1.54) is 6.07 Å². The molecule has 0 aliphatic heterocycles. The number of hydrogen-bond acceptors (Lipinski definition) is 4. The molecule has 0 aliphatic rings. The van der Waals surface area contributed by atoms with Gasteiger partial charge in [-0.05, 0) is 6.92 Å². The molecule has 0 amide bonds.